The lowest BCUT2D eigenvalue weighted by atomic mass is 10.1. The van der Waals surface area contributed by atoms with Crippen LogP contribution in [0.3, 0.4) is 0 Å². The van der Waals surface area contributed by atoms with E-state index in [4.69, 9.17) is 16.9 Å². The van der Waals surface area contributed by atoms with E-state index in [0.717, 1.165) is 5.56 Å². The van der Waals surface area contributed by atoms with Crippen LogP contribution >= 0.6 is 11.6 Å². The number of aromatic nitrogens is 2. The summed E-state index contributed by atoms with van der Waals surface area (Å²) in [5.74, 6) is 0.264. The smallest absolute Gasteiger partial charge is 0.163 e. The van der Waals surface area contributed by atoms with Crippen molar-refractivity contribution in [3.8, 4) is 6.07 Å². The summed E-state index contributed by atoms with van der Waals surface area (Å²) in [5, 5.41) is 16.2. The monoisotopic (exact) mass is 181 g/mol. The Kier molecular flexibility index (Phi) is 2.61. The summed E-state index contributed by atoms with van der Waals surface area (Å²) in [6.07, 6.45) is 0. The summed E-state index contributed by atoms with van der Waals surface area (Å²) in [5.41, 5.74) is 1.17. The van der Waals surface area contributed by atoms with Gasteiger partial charge in [0.05, 0.1) is 0 Å². The third kappa shape index (κ3) is 1.72. The summed E-state index contributed by atoms with van der Waals surface area (Å²) in [6.45, 7) is 3.98. The third-order valence-corrected chi connectivity index (χ3v) is 1.81. The normalized spacial score (nSPS) is 9.92. The first-order chi connectivity index (χ1) is 5.65. The molecule has 0 fully saturated rings. The Morgan fingerprint density at radius 2 is 2.17 bits per heavy atom. The maximum absolute atomic E-state index is 8.54. The van der Waals surface area contributed by atoms with E-state index in [0.29, 0.717) is 10.8 Å². The zero-order valence-electron chi connectivity index (χ0n) is 6.87. The zero-order chi connectivity index (χ0) is 9.14. The highest BCUT2D eigenvalue weighted by molar-refractivity contribution is 6.30. The van der Waals surface area contributed by atoms with Crippen LogP contribution in [0.1, 0.15) is 31.0 Å². The van der Waals surface area contributed by atoms with E-state index in [1.165, 1.54) is 0 Å². The fourth-order valence-corrected chi connectivity index (χ4v) is 1.16. The van der Waals surface area contributed by atoms with Crippen molar-refractivity contribution >= 4 is 11.6 Å². The van der Waals surface area contributed by atoms with Gasteiger partial charge in [-0.2, -0.15) is 5.26 Å². The van der Waals surface area contributed by atoms with Gasteiger partial charge in [0.25, 0.3) is 0 Å². The molecule has 3 nitrogen and oxygen atoms in total. The van der Waals surface area contributed by atoms with Crippen LogP contribution in [0.15, 0.2) is 6.07 Å². The van der Waals surface area contributed by atoms with E-state index in [-0.39, 0.29) is 5.92 Å². The van der Waals surface area contributed by atoms with Crippen molar-refractivity contribution in [2.75, 3.05) is 0 Å². The summed E-state index contributed by atoms with van der Waals surface area (Å²) >= 11 is 5.77. The Morgan fingerprint density at radius 3 is 2.67 bits per heavy atom. The molecule has 0 aromatic carbocycles. The van der Waals surface area contributed by atoms with Crippen molar-refractivity contribution < 1.29 is 0 Å². The van der Waals surface area contributed by atoms with E-state index < -0.39 is 0 Å². The molecular weight excluding hydrogens is 174 g/mol. The fraction of sp³-hybridized carbons (Fsp3) is 0.375. The molecule has 4 heteroatoms. The Balaban J connectivity index is 3.19. The van der Waals surface area contributed by atoms with Gasteiger partial charge in [0.1, 0.15) is 6.07 Å². The highest BCUT2D eigenvalue weighted by Crippen LogP contribution is 2.21. The standard InChI is InChI=1S/C8H8ClN3/c1-5(2)7-3-6(4-10)11-12-8(7)9/h3,5H,1-2H3. The maximum Gasteiger partial charge on any atom is 0.163 e. The molecule has 0 aliphatic rings. The van der Waals surface area contributed by atoms with Crippen molar-refractivity contribution in [2.24, 2.45) is 0 Å². The Hall–Kier alpha value is -1.14. The van der Waals surface area contributed by atoms with E-state index >= 15 is 0 Å². The minimum absolute atomic E-state index is 0.264. The van der Waals surface area contributed by atoms with Crippen molar-refractivity contribution in [3.05, 3.63) is 22.5 Å². The van der Waals surface area contributed by atoms with E-state index in [9.17, 15) is 0 Å². The SMILES string of the molecule is CC(C)c1cc(C#N)nnc1Cl. The average molecular weight is 182 g/mol. The van der Waals surface area contributed by atoms with Gasteiger partial charge < -0.3 is 0 Å². The lowest BCUT2D eigenvalue weighted by molar-refractivity contribution is 0.838. The highest BCUT2D eigenvalue weighted by Gasteiger charge is 2.07. The molecule has 0 aliphatic carbocycles. The molecule has 12 heavy (non-hydrogen) atoms. The Bertz CT molecular complexity index is 328. The molecule has 0 amide bonds. The summed E-state index contributed by atoms with van der Waals surface area (Å²) in [6, 6.07) is 3.58. The molecule has 1 heterocycles. The molecule has 1 rings (SSSR count). The number of nitriles is 1. The molecule has 62 valence electrons. The molecule has 0 N–H and O–H groups in total. The van der Waals surface area contributed by atoms with Crippen LogP contribution in [-0.2, 0) is 0 Å². The number of halogens is 1. The van der Waals surface area contributed by atoms with E-state index in [1.807, 2.05) is 19.9 Å². The minimum atomic E-state index is 0.264. The number of hydrogen-bond acceptors (Lipinski definition) is 3. The topological polar surface area (TPSA) is 49.6 Å². The maximum atomic E-state index is 8.54. The Morgan fingerprint density at radius 1 is 1.50 bits per heavy atom. The van der Waals surface area contributed by atoms with Crippen LogP contribution < -0.4 is 0 Å². The van der Waals surface area contributed by atoms with Gasteiger partial charge in [0.2, 0.25) is 0 Å². The molecule has 0 atom stereocenters. The Labute approximate surface area is 76.0 Å². The van der Waals surface area contributed by atoms with Crippen LogP contribution in [-0.4, -0.2) is 10.2 Å². The second kappa shape index (κ2) is 3.51. The van der Waals surface area contributed by atoms with Gasteiger partial charge in [0, 0.05) is 0 Å². The van der Waals surface area contributed by atoms with Crippen molar-refractivity contribution in [1.82, 2.24) is 10.2 Å². The van der Waals surface area contributed by atoms with Crippen LogP contribution in [0.4, 0.5) is 0 Å². The summed E-state index contributed by atoms with van der Waals surface area (Å²) < 4.78 is 0. The lowest BCUT2D eigenvalue weighted by Gasteiger charge is -2.05. The predicted molar refractivity (Wildman–Crippen MR) is 45.8 cm³/mol. The molecule has 0 radical (unpaired) electrons. The minimum Gasteiger partial charge on any atom is -0.191 e. The van der Waals surface area contributed by atoms with Gasteiger partial charge >= 0.3 is 0 Å². The van der Waals surface area contributed by atoms with Gasteiger partial charge in [0.15, 0.2) is 10.8 Å². The zero-order valence-corrected chi connectivity index (χ0v) is 7.63. The van der Waals surface area contributed by atoms with Crippen LogP contribution in [0.25, 0.3) is 0 Å². The predicted octanol–water partition coefficient (Wildman–Crippen LogP) is 2.13. The van der Waals surface area contributed by atoms with E-state index in [1.54, 1.807) is 6.07 Å². The van der Waals surface area contributed by atoms with E-state index in [2.05, 4.69) is 10.2 Å². The van der Waals surface area contributed by atoms with Crippen molar-refractivity contribution in [2.45, 2.75) is 19.8 Å². The van der Waals surface area contributed by atoms with Gasteiger partial charge in [-0.05, 0) is 17.5 Å². The molecular formula is C8H8ClN3. The van der Waals surface area contributed by atoms with Crippen molar-refractivity contribution in [3.63, 3.8) is 0 Å². The van der Waals surface area contributed by atoms with Crippen LogP contribution in [0.2, 0.25) is 5.15 Å². The molecule has 0 aliphatic heterocycles. The summed E-state index contributed by atoms with van der Waals surface area (Å²) in [7, 11) is 0. The van der Waals surface area contributed by atoms with Gasteiger partial charge in [-0.25, -0.2) is 0 Å². The van der Waals surface area contributed by atoms with Gasteiger partial charge in [-0.1, -0.05) is 25.4 Å². The first kappa shape index (κ1) is 8.95. The first-order valence-corrected chi connectivity index (χ1v) is 3.96. The van der Waals surface area contributed by atoms with Gasteiger partial charge in [-0.3, -0.25) is 0 Å². The number of rotatable bonds is 1. The molecule has 0 bridgehead atoms. The number of nitrogens with zero attached hydrogens (tertiary/aromatic N) is 3. The highest BCUT2D eigenvalue weighted by atomic mass is 35.5. The van der Waals surface area contributed by atoms with Gasteiger partial charge in [-0.15, -0.1) is 10.2 Å². The lowest BCUT2D eigenvalue weighted by Crippen LogP contribution is -1.96. The van der Waals surface area contributed by atoms with Crippen LogP contribution in [0, 0.1) is 11.3 Å². The third-order valence-electron chi connectivity index (χ3n) is 1.51. The fourth-order valence-electron chi connectivity index (χ4n) is 0.851. The van der Waals surface area contributed by atoms with Crippen LogP contribution in [0.5, 0.6) is 0 Å². The summed E-state index contributed by atoms with van der Waals surface area (Å²) in [4.78, 5) is 0. The quantitative estimate of drug-likeness (QED) is 0.667. The second-order valence-electron chi connectivity index (χ2n) is 2.74. The molecule has 0 unspecified atom stereocenters. The molecule has 0 saturated carbocycles. The van der Waals surface area contributed by atoms with Crippen molar-refractivity contribution in [1.29, 1.82) is 5.26 Å². The first-order valence-electron chi connectivity index (χ1n) is 3.58. The largest absolute Gasteiger partial charge is 0.191 e. The molecule has 1 aromatic heterocycles. The average Bonchev–Trinajstić information content (AvgIpc) is 2.05. The molecule has 1 aromatic rings. The number of hydrogen-bond donors (Lipinski definition) is 0. The second-order valence-corrected chi connectivity index (χ2v) is 3.10. The molecule has 0 saturated heterocycles. The molecule has 0 spiro atoms.